The van der Waals surface area contributed by atoms with Crippen LogP contribution < -0.4 is 0 Å². The fourth-order valence-corrected chi connectivity index (χ4v) is 6.42. The first-order valence-corrected chi connectivity index (χ1v) is 13.3. The number of aliphatic hydroxyl groups excluding tert-OH is 1. The smallest absolute Gasteiger partial charge is 0.248 e. The Morgan fingerprint density at radius 2 is 1.91 bits per heavy atom. The highest BCUT2D eigenvalue weighted by molar-refractivity contribution is 6.30. The minimum Gasteiger partial charge on any atom is -0.396 e. The van der Waals surface area contributed by atoms with Gasteiger partial charge < -0.3 is 9.67 Å². The Morgan fingerprint density at radius 1 is 1.20 bits per heavy atom. The van der Waals surface area contributed by atoms with Gasteiger partial charge in [0, 0.05) is 55.2 Å². The molecule has 0 saturated heterocycles. The Bertz CT molecular complexity index is 1080. The van der Waals surface area contributed by atoms with Gasteiger partial charge in [-0.15, -0.1) is 10.2 Å². The second-order valence-corrected chi connectivity index (χ2v) is 11.6. The van der Waals surface area contributed by atoms with Crippen LogP contribution in [0, 0.1) is 12.3 Å². The topological polar surface area (TPSA) is 68.0 Å². The highest BCUT2D eigenvalue weighted by atomic mass is 35.5. The van der Waals surface area contributed by atoms with Crippen LogP contribution in [0.25, 0.3) is 0 Å². The normalized spacial score (nSPS) is 22.2. The summed E-state index contributed by atoms with van der Waals surface area (Å²) in [5, 5.41) is 19.6. The molecule has 0 bridgehead atoms. The van der Waals surface area contributed by atoms with Gasteiger partial charge in [0.1, 0.15) is 17.4 Å². The van der Waals surface area contributed by atoms with Crippen LogP contribution in [0.3, 0.4) is 0 Å². The molecule has 1 atom stereocenters. The molecule has 3 aliphatic rings. The lowest BCUT2D eigenvalue weighted by Gasteiger charge is -2.51. The summed E-state index contributed by atoms with van der Waals surface area (Å²) in [4.78, 5) is 13.0. The number of hydrogen-bond donors (Lipinski definition) is 1. The Labute approximate surface area is 210 Å². The molecule has 1 aromatic heterocycles. The number of rotatable bonds is 9. The van der Waals surface area contributed by atoms with Gasteiger partial charge >= 0.3 is 0 Å². The van der Waals surface area contributed by atoms with Crippen molar-refractivity contribution in [2.45, 2.75) is 101 Å². The number of halogens is 3. The van der Waals surface area contributed by atoms with Crippen molar-refractivity contribution < 1.29 is 18.7 Å². The molecule has 1 heterocycles. The number of benzene rings is 1. The van der Waals surface area contributed by atoms with Gasteiger partial charge in [0.2, 0.25) is 5.92 Å². The Morgan fingerprint density at radius 3 is 2.54 bits per heavy atom. The summed E-state index contributed by atoms with van der Waals surface area (Å²) >= 11 is 6.05. The molecule has 5 nitrogen and oxygen atoms in total. The molecule has 0 radical (unpaired) electrons. The molecular weight excluding hydrogens is 472 g/mol. The van der Waals surface area contributed by atoms with Crippen molar-refractivity contribution in [2.24, 2.45) is 5.41 Å². The summed E-state index contributed by atoms with van der Waals surface area (Å²) in [6.45, 7) is 1.93. The number of alkyl halides is 2. The quantitative estimate of drug-likeness (QED) is 0.433. The predicted octanol–water partition coefficient (Wildman–Crippen LogP) is 6.32. The number of aryl methyl sites for hydroxylation is 1. The second kappa shape index (κ2) is 9.55. The van der Waals surface area contributed by atoms with Crippen molar-refractivity contribution >= 4 is 17.4 Å². The van der Waals surface area contributed by atoms with E-state index in [4.69, 9.17) is 11.6 Å². The first-order valence-electron chi connectivity index (χ1n) is 12.9. The summed E-state index contributed by atoms with van der Waals surface area (Å²) in [7, 11) is 0. The number of Topliss-reactive ketones (excluding diaryl/α,β-unsaturated/α-hetero) is 1. The van der Waals surface area contributed by atoms with Crippen LogP contribution in [0.4, 0.5) is 8.78 Å². The molecule has 1 N–H and O–H groups in total. The molecule has 1 aromatic carbocycles. The second-order valence-electron chi connectivity index (χ2n) is 11.2. The number of ketones is 1. The molecule has 3 saturated carbocycles. The maximum absolute atomic E-state index is 13.7. The molecule has 0 amide bonds. The maximum atomic E-state index is 13.7. The molecule has 0 unspecified atom stereocenters. The van der Waals surface area contributed by atoms with Crippen molar-refractivity contribution in [1.82, 2.24) is 14.8 Å². The molecule has 3 aliphatic carbocycles. The number of aromatic nitrogens is 3. The van der Waals surface area contributed by atoms with E-state index in [1.54, 1.807) is 6.07 Å². The van der Waals surface area contributed by atoms with E-state index in [9.17, 15) is 18.7 Å². The summed E-state index contributed by atoms with van der Waals surface area (Å²) in [6.07, 6.45) is 6.17. The highest BCUT2D eigenvalue weighted by Gasteiger charge is 2.52. The number of aliphatic hydroxyl groups is 1. The minimum absolute atomic E-state index is 0.00589. The van der Waals surface area contributed by atoms with E-state index in [2.05, 4.69) is 14.8 Å². The zero-order valence-electron chi connectivity index (χ0n) is 20.3. The van der Waals surface area contributed by atoms with Crippen LogP contribution in [-0.2, 0) is 11.2 Å². The molecule has 5 rings (SSSR count). The first kappa shape index (κ1) is 24.8. The van der Waals surface area contributed by atoms with Gasteiger partial charge in [0.15, 0.2) is 0 Å². The summed E-state index contributed by atoms with van der Waals surface area (Å²) in [5.41, 5.74) is 1.99. The average molecular weight is 506 g/mol. The van der Waals surface area contributed by atoms with E-state index >= 15 is 0 Å². The minimum atomic E-state index is -2.51. The molecule has 8 heteroatoms. The van der Waals surface area contributed by atoms with Gasteiger partial charge in [0.05, 0.1) is 0 Å². The van der Waals surface area contributed by atoms with Gasteiger partial charge in [0.25, 0.3) is 0 Å². The SMILES string of the molecule is Cc1cc(Cl)ccc1CC(=O)C[C@H](CCO)c1nnc(C2CC3(CCC(F)(F)CC3)C2)n1C1CC1. The third-order valence-electron chi connectivity index (χ3n) is 8.44. The third-order valence-corrected chi connectivity index (χ3v) is 8.67. The zero-order valence-corrected chi connectivity index (χ0v) is 21.0. The highest BCUT2D eigenvalue weighted by Crippen LogP contribution is 2.60. The summed E-state index contributed by atoms with van der Waals surface area (Å²) in [6, 6.07) is 5.91. The molecule has 190 valence electrons. The van der Waals surface area contributed by atoms with Crippen LogP contribution in [0.5, 0.6) is 0 Å². The van der Waals surface area contributed by atoms with Gasteiger partial charge in [-0.05, 0) is 80.5 Å². The summed E-state index contributed by atoms with van der Waals surface area (Å²) < 4.78 is 29.6. The van der Waals surface area contributed by atoms with E-state index < -0.39 is 5.92 Å². The lowest BCUT2D eigenvalue weighted by atomic mass is 9.55. The first-order chi connectivity index (χ1) is 16.7. The fraction of sp³-hybridized carbons (Fsp3) is 0.667. The average Bonchev–Trinajstić information content (AvgIpc) is 3.52. The molecule has 0 aliphatic heterocycles. The third kappa shape index (κ3) is 5.31. The van der Waals surface area contributed by atoms with Crippen molar-refractivity contribution in [2.75, 3.05) is 6.61 Å². The van der Waals surface area contributed by atoms with Crippen LogP contribution >= 0.6 is 11.6 Å². The monoisotopic (exact) mass is 505 g/mol. The Balaban J connectivity index is 1.30. The molecule has 2 aromatic rings. The van der Waals surface area contributed by atoms with Crippen molar-refractivity contribution in [1.29, 1.82) is 0 Å². The van der Waals surface area contributed by atoms with Crippen LogP contribution in [0.15, 0.2) is 18.2 Å². The molecule has 3 fully saturated rings. The lowest BCUT2D eigenvalue weighted by molar-refractivity contribution is -0.118. The van der Waals surface area contributed by atoms with E-state index in [0.717, 1.165) is 48.5 Å². The molecular formula is C27H34ClF2N3O2. The lowest BCUT2D eigenvalue weighted by Crippen LogP contribution is -2.42. The fourth-order valence-electron chi connectivity index (χ4n) is 6.20. The van der Waals surface area contributed by atoms with Gasteiger partial charge in [-0.1, -0.05) is 17.7 Å². The number of hydrogen-bond acceptors (Lipinski definition) is 4. The Hall–Kier alpha value is -1.86. The van der Waals surface area contributed by atoms with Crippen molar-refractivity contribution in [3.63, 3.8) is 0 Å². The number of carbonyl (C=O) groups excluding carboxylic acids is 1. The summed E-state index contributed by atoms with van der Waals surface area (Å²) in [5.74, 6) is -0.600. The van der Waals surface area contributed by atoms with Crippen molar-refractivity contribution in [3.8, 4) is 0 Å². The van der Waals surface area contributed by atoms with Gasteiger partial charge in [-0.2, -0.15) is 0 Å². The zero-order chi connectivity index (χ0) is 24.8. The van der Waals surface area contributed by atoms with E-state index in [0.29, 0.717) is 43.2 Å². The maximum Gasteiger partial charge on any atom is 0.248 e. The van der Waals surface area contributed by atoms with Crippen LogP contribution in [-0.4, -0.2) is 38.2 Å². The van der Waals surface area contributed by atoms with Gasteiger partial charge in [-0.3, -0.25) is 4.79 Å². The standard InChI is InChI=1S/C27H34ClF2N3O2/c1-17-12-21(28)3-2-18(17)13-23(35)14-19(6-11-34)24-31-32-25(33(24)22-4-5-22)20-15-26(16-20)7-9-27(29,30)10-8-26/h2-3,12,19-20,22,34H,4-11,13-16H2,1H3/t19-/m0/s1. The van der Waals surface area contributed by atoms with E-state index in [1.165, 1.54) is 0 Å². The molecule has 35 heavy (non-hydrogen) atoms. The van der Waals surface area contributed by atoms with Crippen LogP contribution in [0.2, 0.25) is 5.02 Å². The predicted molar refractivity (Wildman–Crippen MR) is 130 cm³/mol. The Kier molecular flexibility index (Phi) is 6.77. The van der Waals surface area contributed by atoms with Crippen molar-refractivity contribution in [3.05, 3.63) is 46.0 Å². The van der Waals surface area contributed by atoms with E-state index in [-0.39, 0.29) is 42.5 Å². The molecule has 1 spiro atoms. The van der Waals surface area contributed by atoms with Crippen LogP contribution in [0.1, 0.15) is 105 Å². The largest absolute Gasteiger partial charge is 0.396 e. The van der Waals surface area contributed by atoms with E-state index in [1.807, 2.05) is 19.1 Å². The number of nitrogens with zero attached hydrogens (tertiary/aromatic N) is 3. The van der Waals surface area contributed by atoms with Gasteiger partial charge in [-0.25, -0.2) is 8.78 Å². The number of carbonyl (C=O) groups is 1.